The molecule has 0 aromatic heterocycles. The normalized spacial score (nSPS) is 16.8. The first-order chi connectivity index (χ1) is 9.57. The first kappa shape index (κ1) is 17.4. The van der Waals surface area contributed by atoms with Crippen LogP contribution in [-0.2, 0) is 4.74 Å². The number of hydrogen-bond donors (Lipinski definition) is 2. The highest BCUT2D eigenvalue weighted by atomic mass is 32.2. The Bertz CT molecular complexity index is 340. The molecule has 0 saturated carbocycles. The highest BCUT2D eigenvalue weighted by Crippen LogP contribution is 2.20. The second-order valence-corrected chi connectivity index (χ2v) is 7.04. The van der Waals surface area contributed by atoms with Crippen LogP contribution in [0.25, 0.3) is 0 Å². The molecule has 116 valence electrons. The van der Waals surface area contributed by atoms with Crippen LogP contribution in [0.1, 0.15) is 33.6 Å². The van der Waals surface area contributed by atoms with E-state index in [1.165, 1.54) is 5.57 Å². The van der Waals surface area contributed by atoms with Gasteiger partial charge in [-0.2, -0.15) is 11.8 Å². The van der Waals surface area contributed by atoms with Crippen LogP contribution in [-0.4, -0.2) is 49.8 Å². The molecule has 0 unspecified atom stereocenters. The molecule has 2 N–H and O–H groups in total. The number of ether oxygens (including phenoxy) is 1. The van der Waals surface area contributed by atoms with Crippen molar-refractivity contribution in [2.45, 2.75) is 38.4 Å². The van der Waals surface area contributed by atoms with Crippen molar-refractivity contribution in [1.29, 1.82) is 0 Å². The fraction of sp³-hybridized carbons (Fsp3) is 0.800. The molecule has 0 spiro atoms. The molecule has 0 bridgehead atoms. The fourth-order valence-corrected chi connectivity index (χ4v) is 2.00. The first-order valence-corrected chi connectivity index (χ1v) is 8.63. The lowest BCUT2D eigenvalue weighted by molar-refractivity contribution is 0.153. The Kier molecular flexibility index (Phi) is 8.07. The second kappa shape index (κ2) is 9.29. The number of guanidine groups is 1. The minimum absolute atomic E-state index is 0.186. The van der Waals surface area contributed by atoms with Crippen molar-refractivity contribution in [3.05, 3.63) is 11.6 Å². The van der Waals surface area contributed by atoms with Gasteiger partial charge in [0.05, 0.1) is 19.8 Å². The van der Waals surface area contributed by atoms with E-state index in [4.69, 9.17) is 4.74 Å². The lowest BCUT2D eigenvalue weighted by Gasteiger charge is -2.20. The zero-order chi connectivity index (χ0) is 14.8. The van der Waals surface area contributed by atoms with Gasteiger partial charge in [-0.3, -0.25) is 4.99 Å². The van der Waals surface area contributed by atoms with E-state index < -0.39 is 0 Å². The summed E-state index contributed by atoms with van der Waals surface area (Å²) in [5, 5.41) is 6.72. The summed E-state index contributed by atoms with van der Waals surface area (Å²) in [5.74, 6) is 0.919. The molecule has 0 aromatic carbocycles. The average molecular weight is 299 g/mol. The van der Waals surface area contributed by atoms with Crippen molar-refractivity contribution in [2.24, 2.45) is 4.99 Å². The molecule has 1 rings (SSSR count). The number of hydrogen-bond acceptors (Lipinski definition) is 3. The van der Waals surface area contributed by atoms with Crippen LogP contribution in [0.15, 0.2) is 16.6 Å². The standard InChI is InChI=1S/C15H29N3OS/c1-5-16-14(18-12-15(2,3)20-4)17-9-6-13-7-10-19-11-8-13/h7H,5-6,8-12H2,1-4H3,(H2,16,17,18). The van der Waals surface area contributed by atoms with E-state index in [9.17, 15) is 0 Å². The number of rotatable bonds is 7. The van der Waals surface area contributed by atoms with Crippen molar-refractivity contribution < 1.29 is 4.74 Å². The van der Waals surface area contributed by atoms with Crippen LogP contribution >= 0.6 is 11.8 Å². The summed E-state index contributed by atoms with van der Waals surface area (Å²) >= 11 is 1.85. The van der Waals surface area contributed by atoms with Gasteiger partial charge in [-0.1, -0.05) is 11.6 Å². The smallest absolute Gasteiger partial charge is 0.191 e. The van der Waals surface area contributed by atoms with Gasteiger partial charge in [0.1, 0.15) is 0 Å². The lowest BCUT2D eigenvalue weighted by atomic mass is 10.1. The summed E-state index contributed by atoms with van der Waals surface area (Å²) in [4.78, 5) is 4.67. The number of aliphatic imine (C=N–C) groups is 1. The summed E-state index contributed by atoms with van der Waals surface area (Å²) in [7, 11) is 0. The Morgan fingerprint density at radius 2 is 2.25 bits per heavy atom. The van der Waals surface area contributed by atoms with E-state index in [-0.39, 0.29) is 4.75 Å². The lowest BCUT2D eigenvalue weighted by Crippen LogP contribution is -2.39. The largest absolute Gasteiger partial charge is 0.377 e. The highest BCUT2D eigenvalue weighted by molar-refractivity contribution is 7.99. The summed E-state index contributed by atoms with van der Waals surface area (Å²) in [6, 6.07) is 0. The molecular weight excluding hydrogens is 270 g/mol. The molecule has 1 aliphatic rings. The van der Waals surface area contributed by atoms with Gasteiger partial charge < -0.3 is 15.4 Å². The third-order valence-electron chi connectivity index (χ3n) is 3.31. The van der Waals surface area contributed by atoms with Gasteiger partial charge in [0, 0.05) is 17.8 Å². The monoisotopic (exact) mass is 299 g/mol. The third-order valence-corrected chi connectivity index (χ3v) is 4.54. The number of thioether (sulfide) groups is 1. The van der Waals surface area contributed by atoms with E-state index in [0.29, 0.717) is 0 Å². The molecule has 0 aromatic rings. The van der Waals surface area contributed by atoms with Gasteiger partial charge in [0.25, 0.3) is 0 Å². The molecule has 1 heterocycles. The number of nitrogens with zero attached hydrogens (tertiary/aromatic N) is 1. The summed E-state index contributed by atoms with van der Waals surface area (Å²) < 4.78 is 5.50. The van der Waals surface area contributed by atoms with Crippen molar-refractivity contribution in [3.63, 3.8) is 0 Å². The summed E-state index contributed by atoms with van der Waals surface area (Å²) in [6.45, 7) is 10.8. The third kappa shape index (κ3) is 7.20. The molecule has 5 heteroatoms. The number of nitrogens with one attached hydrogen (secondary N) is 2. The molecule has 0 radical (unpaired) electrons. The molecule has 4 nitrogen and oxygen atoms in total. The predicted octanol–water partition coefficient (Wildman–Crippen LogP) is 2.42. The SMILES string of the molecule is CCNC(=NCC(C)(C)SC)NCCC1=CCOCC1. The Hall–Kier alpha value is -0.680. The summed E-state index contributed by atoms with van der Waals surface area (Å²) in [6.07, 6.45) is 6.47. The van der Waals surface area contributed by atoms with Crippen LogP contribution < -0.4 is 10.6 Å². The minimum atomic E-state index is 0.186. The summed E-state index contributed by atoms with van der Waals surface area (Å²) in [5.41, 5.74) is 1.49. The minimum Gasteiger partial charge on any atom is -0.377 e. The molecular formula is C15H29N3OS. The highest BCUT2D eigenvalue weighted by Gasteiger charge is 2.15. The van der Waals surface area contributed by atoms with Crippen molar-refractivity contribution in [3.8, 4) is 0 Å². The zero-order valence-corrected chi connectivity index (χ0v) is 14.1. The quantitative estimate of drug-likeness (QED) is 0.430. The molecule has 0 fully saturated rings. The average Bonchev–Trinajstić information content (AvgIpc) is 2.46. The van der Waals surface area contributed by atoms with Crippen LogP contribution in [0.5, 0.6) is 0 Å². The molecule has 0 amide bonds. The van der Waals surface area contributed by atoms with E-state index in [1.807, 2.05) is 11.8 Å². The van der Waals surface area contributed by atoms with Gasteiger partial charge >= 0.3 is 0 Å². The Balaban J connectivity index is 2.38. The van der Waals surface area contributed by atoms with Crippen molar-refractivity contribution in [1.82, 2.24) is 10.6 Å². The predicted molar refractivity (Wildman–Crippen MR) is 89.7 cm³/mol. The zero-order valence-electron chi connectivity index (χ0n) is 13.3. The van der Waals surface area contributed by atoms with E-state index in [1.54, 1.807) is 0 Å². The van der Waals surface area contributed by atoms with Gasteiger partial charge in [-0.15, -0.1) is 0 Å². The topological polar surface area (TPSA) is 45.7 Å². The maximum Gasteiger partial charge on any atom is 0.191 e. The van der Waals surface area contributed by atoms with Gasteiger partial charge in [0.2, 0.25) is 0 Å². The van der Waals surface area contributed by atoms with Crippen molar-refractivity contribution >= 4 is 17.7 Å². The Labute approximate surface area is 127 Å². The van der Waals surface area contributed by atoms with E-state index in [2.05, 4.69) is 48.7 Å². The molecule has 0 saturated heterocycles. The van der Waals surface area contributed by atoms with Crippen LogP contribution in [0, 0.1) is 0 Å². The van der Waals surface area contributed by atoms with Gasteiger partial charge in [-0.25, -0.2) is 0 Å². The maximum absolute atomic E-state index is 5.32. The fourth-order valence-electron chi connectivity index (χ4n) is 1.81. The molecule has 1 aliphatic heterocycles. The molecule has 0 aliphatic carbocycles. The van der Waals surface area contributed by atoms with Gasteiger partial charge in [0.15, 0.2) is 5.96 Å². The van der Waals surface area contributed by atoms with E-state index >= 15 is 0 Å². The first-order valence-electron chi connectivity index (χ1n) is 7.40. The molecule has 20 heavy (non-hydrogen) atoms. The van der Waals surface area contributed by atoms with Gasteiger partial charge in [-0.05, 0) is 39.9 Å². The Morgan fingerprint density at radius 3 is 2.85 bits per heavy atom. The van der Waals surface area contributed by atoms with Crippen LogP contribution in [0.2, 0.25) is 0 Å². The molecule has 0 atom stereocenters. The van der Waals surface area contributed by atoms with E-state index in [0.717, 1.165) is 51.6 Å². The second-order valence-electron chi connectivity index (χ2n) is 5.52. The maximum atomic E-state index is 5.32. The van der Waals surface area contributed by atoms with Crippen LogP contribution in [0.4, 0.5) is 0 Å². The Morgan fingerprint density at radius 1 is 1.45 bits per heavy atom. The van der Waals surface area contributed by atoms with Crippen molar-refractivity contribution in [2.75, 3.05) is 39.1 Å². The van der Waals surface area contributed by atoms with Crippen LogP contribution in [0.3, 0.4) is 0 Å².